The number of piperazine rings is 1. The van der Waals surface area contributed by atoms with Crippen molar-refractivity contribution in [1.82, 2.24) is 24.8 Å². The lowest BCUT2D eigenvalue weighted by atomic mass is 10.1. The molecule has 13 heteroatoms. The minimum atomic E-state index is -0.201. The average molecular weight is 610 g/mol. The Morgan fingerprint density at radius 3 is 2.29 bits per heavy atom. The number of hydrogen-bond donors (Lipinski definition) is 1. The van der Waals surface area contributed by atoms with Gasteiger partial charge < -0.3 is 24.8 Å². The van der Waals surface area contributed by atoms with Crippen LogP contribution in [0.4, 0.5) is 23.4 Å². The van der Waals surface area contributed by atoms with Gasteiger partial charge in [-0.3, -0.25) is 14.6 Å². The van der Waals surface area contributed by atoms with Crippen LogP contribution in [-0.2, 0) is 11.2 Å². The molecule has 4 heterocycles. The van der Waals surface area contributed by atoms with Crippen molar-refractivity contribution in [1.29, 1.82) is 0 Å². The summed E-state index contributed by atoms with van der Waals surface area (Å²) >= 11 is 0. The number of carbonyl (C=O) groups is 1. The van der Waals surface area contributed by atoms with E-state index in [9.17, 15) is 4.79 Å². The van der Waals surface area contributed by atoms with Gasteiger partial charge in [0.1, 0.15) is 11.5 Å². The number of aliphatic imine (C=N–C) groups is 1. The molecular formula is C32H35N9O4. The van der Waals surface area contributed by atoms with Crippen LogP contribution < -0.4 is 29.7 Å². The number of carbonyl (C=O) groups excluding carboxylic acids is 1. The van der Waals surface area contributed by atoms with Crippen LogP contribution in [0.2, 0.25) is 0 Å². The molecule has 0 bridgehead atoms. The number of nitrogen functional groups attached to an aromatic ring is 1. The van der Waals surface area contributed by atoms with E-state index >= 15 is 0 Å². The average Bonchev–Trinajstić information content (AvgIpc) is 3.31. The molecule has 1 saturated heterocycles. The Hall–Kier alpha value is -5.30. The van der Waals surface area contributed by atoms with Crippen LogP contribution in [0.25, 0.3) is 0 Å². The van der Waals surface area contributed by atoms with Crippen LogP contribution in [0.5, 0.6) is 17.2 Å². The Bertz CT molecular complexity index is 1720. The van der Waals surface area contributed by atoms with Gasteiger partial charge >= 0.3 is 0 Å². The van der Waals surface area contributed by atoms with Gasteiger partial charge in [-0.2, -0.15) is 4.98 Å². The standard InChI is InChI=1S/C32H35N9O4/c1-20-6-7-24-23(14-20)27(30(42)41(24)19-39-10-12-40(13-11-39)32-34-8-5-9-35-32)37-31-36-18-22(29(33)38-31)15-21-16-25(43-2)28(45-4)26(17-21)44-3/h5-9,14,16-18H,10-13,15,19H2,1-4H3,(H2,33,36,38)/b37-27-. The molecule has 2 aromatic carbocycles. The molecule has 2 aliphatic heterocycles. The fourth-order valence-corrected chi connectivity index (χ4v) is 5.58. The van der Waals surface area contributed by atoms with Crippen LogP contribution in [0.15, 0.2) is 60.0 Å². The maximum Gasteiger partial charge on any atom is 0.278 e. The number of rotatable bonds is 9. The number of nitrogens with zero attached hydrogens (tertiary/aromatic N) is 8. The highest BCUT2D eigenvalue weighted by Crippen LogP contribution is 2.39. The van der Waals surface area contributed by atoms with Crippen molar-refractivity contribution in [3.8, 4) is 17.2 Å². The van der Waals surface area contributed by atoms with E-state index < -0.39 is 0 Å². The SMILES string of the molecule is COc1cc(Cc2cnc(/N=C3\C(=O)N(CN4CCN(c5ncccn5)CC4)c4ccc(C)cc43)nc2N)cc(OC)c1OC. The molecule has 0 atom stereocenters. The largest absolute Gasteiger partial charge is 0.493 e. The van der Waals surface area contributed by atoms with Crippen LogP contribution in [0.1, 0.15) is 22.3 Å². The molecule has 13 nitrogen and oxygen atoms in total. The van der Waals surface area contributed by atoms with Crippen LogP contribution in [0.3, 0.4) is 0 Å². The van der Waals surface area contributed by atoms with Gasteiger partial charge in [0, 0.05) is 62.3 Å². The Kier molecular flexibility index (Phi) is 8.43. The number of benzene rings is 2. The monoisotopic (exact) mass is 609 g/mol. The highest BCUT2D eigenvalue weighted by atomic mass is 16.5. The zero-order chi connectivity index (χ0) is 31.5. The van der Waals surface area contributed by atoms with Gasteiger partial charge in [-0.1, -0.05) is 11.6 Å². The van der Waals surface area contributed by atoms with Crippen molar-refractivity contribution >= 4 is 35.0 Å². The number of fused-ring (bicyclic) bond motifs is 1. The third kappa shape index (κ3) is 6.07. The highest BCUT2D eigenvalue weighted by Gasteiger charge is 2.36. The van der Waals surface area contributed by atoms with Crippen molar-refractivity contribution in [3.63, 3.8) is 0 Å². The second kappa shape index (κ2) is 12.7. The van der Waals surface area contributed by atoms with Crippen molar-refractivity contribution in [3.05, 3.63) is 77.2 Å². The number of aromatic nitrogens is 4. The summed E-state index contributed by atoms with van der Waals surface area (Å²) in [5.41, 5.74) is 10.8. The summed E-state index contributed by atoms with van der Waals surface area (Å²) in [6.45, 7) is 5.49. The normalized spacial score (nSPS) is 15.8. The lowest BCUT2D eigenvalue weighted by Crippen LogP contribution is -2.51. The first-order valence-electron chi connectivity index (χ1n) is 14.5. The molecule has 2 aliphatic rings. The van der Waals surface area contributed by atoms with Gasteiger partial charge in [-0.15, -0.1) is 0 Å². The van der Waals surface area contributed by atoms with E-state index in [2.05, 4.69) is 34.7 Å². The molecule has 0 spiro atoms. The van der Waals surface area contributed by atoms with Crippen LogP contribution in [0, 0.1) is 6.92 Å². The minimum absolute atomic E-state index is 0.121. The first-order chi connectivity index (χ1) is 21.9. The molecule has 0 aliphatic carbocycles. The molecule has 232 valence electrons. The third-order valence-electron chi connectivity index (χ3n) is 7.91. The summed E-state index contributed by atoms with van der Waals surface area (Å²) in [7, 11) is 4.70. The molecule has 0 unspecified atom stereocenters. The van der Waals surface area contributed by atoms with Gasteiger partial charge in [-0.25, -0.2) is 19.9 Å². The van der Waals surface area contributed by atoms with Crippen LogP contribution in [-0.4, -0.2) is 90.6 Å². The number of nitrogens with two attached hydrogens (primary N) is 1. The van der Waals surface area contributed by atoms with E-state index in [1.807, 2.05) is 43.3 Å². The fourth-order valence-electron chi connectivity index (χ4n) is 5.58. The minimum Gasteiger partial charge on any atom is -0.493 e. The fraction of sp³-hybridized carbons (Fsp3) is 0.312. The van der Waals surface area contributed by atoms with Crippen LogP contribution >= 0.6 is 0 Å². The maximum absolute atomic E-state index is 13.8. The third-order valence-corrected chi connectivity index (χ3v) is 7.91. The quantitative estimate of drug-likeness (QED) is 0.299. The molecule has 1 amide bonds. The molecule has 0 saturated carbocycles. The summed E-state index contributed by atoms with van der Waals surface area (Å²) in [6, 6.07) is 11.5. The molecule has 45 heavy (non-hydrogen) atoms. The maximum atomic E-state index is 13.8. The second-order valence-corrected chi connectivity index (χ2v) is 10.8. The van der Waals surface area contributed by atoms with E-state index in [-0.39, 0.29) is 17.7 Å². The lowest BCUT2D eigenvalue weighted by Gasteiger charge is -2.36. The molecule has 2 N–H and O–H groups in total. The number of amides is 1. The van der Waals surface area contributed by atoms with Crippen molar-refractivity contribution in [2.75, 3.05) is 69.7 Å². The topological polar surface area (TPSA) is 144 Å². The van der Waals surface area contributed by atoms with Gasteiger partial charge in [0.2, 0.25) is 11.7 Å². The van der Waals surface area contributed by atoms with Crippen molar-refractivity contribution in [2.24, 2.45) is 4.99 Å². The van der Waals surface area contributed by atoms with Gasteiger partial charge in [0.25, 0.3) is 11.9 Å². The summed E-state index contributed by atoms with van der Waals surface area (Å²) in [5.74, 6) is 2.50. The summed E-state index contributed by atoms with van der Waals surface area (Å²) < 4.78 is 16.4. The van der Waals surface area contributed by atoms with Gasteiger partial charge in [0.05, 0.1) is 33.7 Å². The summed E-state index contributed by atoms with van der Waals surface area (Å²) in [4.78, 5) is 42.3. The molecule has 2 aromatic heterocycles. The predicted octanol–water partition coefficient (Wildman–Crippen LogP) is 3.02. The zero-order valence-electron chi connectivity index (χ0n) is 25.7. The van der Waals surface area contributed by atoms with E-state index in [1.165, 1.54) is 0 Å². The number of methoxy groups -OCH3 is 3. The summed E-state index contributed by atoms with van der Waals surface area (Å²) in [5, 5.41) is 0. The van der Waals surface area contributed by atoms with E-state index in [1.54, 1.807) is 44.8 Å². The smallest absolute Gasteiger partial charge is 0.278 e. The highest BCUT2D eigenvalue weighted by molar-refractivity contribution is 6.54. The summed E-state index contributed by atoms with van der Waals surface area (Å²) in [6.07, 6.45) is 5.56. The number of ether oxygens (including phenoxy) is 3. The number of anilines is 3. The van der Waals surface area contributed by atoms with E-state index in [4.69, 9.17) is 19.9 Å². The Morgan fingerprint density at radius 2 is 1.64 bits per heavy atom. The molecular weight excluding hydrogens is 574 g/mol. The van der Waals surface area contributed by atoms with E-state index in [0.717, 1.165) is 54.5 Å². The van der Waals surface area contributed by atoms with Gasteiger partial charge in [-0.05, 0) is 42.8 Å². The Balaban J connectivity index is 1.21. The first-order valence-corrected chi connectivity index (χ1v) is 14.5. The molecule has 6 rings (SSSR count). The number of aryl methyl sites for hydroxylation is 1. The van der Waals surface area contributed by atoms with Crippen molar-refractivity contribution in [2.45, 2.75) is 13.3 Å². The van der Waals surface area contributed by atoms with Crippen molar-refractivity contribution < 1.29 is 19.0 Å². The van der Waals surface area contributed by atoms with E-state index in [0.29, 0.717) is 41.6 Å². The van der Waals surface area contributed by atoms with Gasteiger partial charge in [0.15, 0.2) is 11.5 Å². The lowest BCUT2D eigenvalue weighted by molar-refractivity contribution is -0.112. The Labute approximate surface area is 261 Å². The molecule has 4 aromatic rings. The molecule has 0 radical (unpaired) electrons. The number of hydrogen-bond acceptors (Lipinski definition) is 12. The molecule has 1 fully saturated rings. The first kappa shape index (κ1) is 29.8. The second-order valence-electron chi connectivity index (χ2n) is 10.8. The Morgan fingerprint density at radius 1 is 0.933 bits per heavy atom. The zero-order valence-corrected chi connectivity index (χ0v) is 25.7. The predicted molar refractivity (Wildman–Crippen MR) is 171 cm³/mol.